The maximum atomic E-state index is 13.2. The summed E-state index contributed by atoms with van der Waals surface area (Å²) in [5.74, 6) is 0.136. The van der Waals surface area contributed by atoms with Gasteiger partial charge in [-0.25, -0.2) is 0 Å². The first kappa shape index (κ1) is 18.3. The van der Waals surface area contributed by atoms with Gasteiger partial charge < -0.3 is 9.80 Å². The van der Waals surface area contributed by atoms with Gasteiger partial charge in [-0.05, 0) is 27.8 Å². The lowest BCUT2D eigenvalue weighted by Crippen LogP contribution is -2.66. The van der Waals surface area contributed by atoms with Crippen molar-refractivity contribution in [1.82, 2.24) is 14.7 Å². The van der Waals surface area contributed by atoms with Crippen LogP contribution in [-0.2, 0) is 22.7 Å². The van der Waals surface area contributed by atoms with Gasteiger partial charge in [-0.2, -0.15) is 0 Å². The molecule has 2 aromatic carbocycles. The second kappa shape index (κ2) is 7.61. The predicted molar refractivity (Wildman–Crippen MR) is 114 cm³/mol. The van der Waals surface area contributed by atoms with Gasteiger partial charge in [0.1, 0.15) is 12.6 Å². The number of carbonyl (C=O) groups excluding carboxylic acids is 2. The first-order valence-corrected chi connectivity index (χ1v) is 10.9. The summed E-state index contributed by atoms with van der Waals surface area (Å²) >= 11 is 1.62. The van der Waals surface area contributed by atoms with E-state index in [1.807, 2.05) is 17.5 Å². The fourth-order valence-electron chi connectivity index (χ4n) is 4.43. The van der Waals surface area contributed by atoms with Crippen LogP contribution in [0.5, 0.6) is 0 Å². The van der Waals surface area contributed by atoms with Gasteiger partial charge in [-0.1, -0.05) is 48.5 Å². The highest BCUT2D eigenvalue weighted by molar-refractivity contribution is 7.09. The van der Waals surface area contributed by atoms with Gasteiger partial charge in [0.2, 0.25) is 11.8 Å². The molecule has 0 saturated carbocycles. The molecule has 3 aromatic rings. The van der Waals surface area contributed by atoms with Crippen LogP contribution in [-0.4, -0.2) is 58.7 Å². The Labute approximate surface area is 174 Å². The van der Waals surface area contributed by atoms with Crippen LogP contribution >= 0.6 is 11.3 Å². The van der Waals surface area contributed by atoms with Crippen LogP contribution in [0.1, 0.15) is 10.4 Å². The average Bonchev–Trinajstić information content (AvgIpc) is 3.25. The van der Waals surface area contributed by atoms with E-state index >= 15 is 0 Å². The molecule has 1 aromatic heterocycles. The van der Waals surface area contributed by atoms with E-state index < -0.39 is 0 Å². The minimum atomic E-state index is -0.375. The summed E-state index contributed by atoms with van der Waals surface area (Å²) in [6, 6.07) is 18.4. The minimum Gasteiger partial charge on any atom is -0.327 e. The van der Waals surface area contributed by atoms with E-state index in [9.17, 15) is 9.59 Å². The molecule has 29 heavy (non-hydrogen) atoms. The van der Waals surface area contributed by atoms with Crippen molar-refractivity contribution < 1.29 is 9.59 Å². The molecule has 0 aliphatic carbocycles. The number of thiophene rings is 1. The van der Waals surface area contributed by atoms with Gasteiger partial charge in [0, 0.05) is 31.1 Å². The Morgan fingerprint density at radius 3 is 2.66 bits per heavy atom. The van der Waals surface area contributed by atoms with Crippen molar-refractivity contribution in [2.24, 2.45) is 0 Å². The first-order chi connectivity index (χ1) is 14.2. The molecule has 5 nitrogen and oxygen atoms in total. The standard InChI is InChI=1S/C23H23N3O2S/c27-22-16-25(14-19-8-4-12-29-19)23(28)21-15-24(10-11-26(21)22)13-18-7-3-6-17-5-1-2-9-20(17)18/h1-9,12,21H,10-11,13-16H2. The third-order valence-corrected chi connectivity index (χ3v) is 6.77. The van der Waals surface area contributed by atoms with Crippen LogP contribution in [0.2, 0.25) is 0 Å². The zero-order valence-electron chi connectivity index (χ0n) is 16.2. The number of benzene rings is 2. The zero-order valence-corrected chi connectivity index (χ0v) is 17.0. The van der Waals surface area contributed by atoms with Gasteiger partial charge in [0.05, 0.1) is 6.54 Å². The van der Waals surface area contributed by atoms with Crippen LogP contribution in [0.4, 0.5) is 0 Å². The number of fused-ring (bicyclic) bond motifs is 2. The molecule has 2 aliphatic rings. The molecule has 2 saturated heterocycles. The normalized spacial score (nSPS) is 20.3. The zero-order chi connectivity index (χ0) is 19.8. The molecule has 2 amide bonds. The molecule has 0 bridgehead atoms. The summed E-state index contributed by atoms with van der Waals surface area (Å²) < 4.78 is 0. The summed E-state index contributed by atoms with van der Waals surface area (Å²) in [5.41, 5.74) is 1.27. The van der Waals surface area contributed by atoms with Gasteiger partial charge in [0.15, 0.2) is 0 Å². The molecule has 6 heteroatoms. The summed E-state index contributed by atoms with van der Waals surface area (Å²) in [7, 11) is 0. The molecule has 0 spiro atoms. The van der Waals surface area contributed by atoms with Crippen LogP contribution in [0.3, 0.4) is 0 Å². The fourth-order valence-corrected chi connectivity index (χ4v) is 5.15. The molecule has 0 N–H and O–H groups in total. The SMILES string of the molecule is O=C1C2CN(Cc3cccc4ccccc34)CCN2C(=O)CN1Cc1cccs1. The third-order valence-electron chi connectivity index (χ3n) is 5.91. The number of carbonyl (C=O) groups is 2. The van der Waals surface area contributed by atoms with Gasteiger partial charge in [0.25, 0.3) is 0 Å². The minimum absolute atomic E-state index is 0.0657. The van der Waals surface area contributed by atoms with E-state index in [1.54, 1.807) is 21.1 Å². The van der Waals surface area contributed by atoms with Crippen molar-refractivity contribution in [3.05, 3.63) is 70.4 Å². The van der Waals surface area contributed by atoms with Crippen molar-refractivity contribution in [3.63, 3.8) is 0 Å². The highest BCUT2D eigenvalue weighted by Gasteiger charge is 2.42. The first-order valence-electron chi connectivity index (χ1n) is 9.99. The number of hydrogen-bond donors (Lipinski definition) is 0. The van der Waals surface area contributed by atoms with Crippen LogP contribution in [0.15, 0.2) is 60.0 Å². The Hall–Kier alpha value is -2.70. The number of nitrogens with zero attached hydrogens (tertiary/aromatic N) is 3. The predicted octanol–water partition coefficient (Wildman–Crippen LogP) is 2.96. The summed E-state index contributed by atoms with van der Waals surface area (Å²) in [6.45, 7) is 3.51. The Bertz CT molecular complexity index is 1040. The Morgan fingerprint density at radius 1 is 0.931 bits per heavy atom. The number of piperazine rings is 2. The third kappa shape index (κ3) is 3.54. The monoisotopic (exact) mass is 405 g/mol. The van der Waals surface area contributed by atoms with Gasteiger partial charge >= 0.3 is 0 Å². The molecule has 2 fully saturated rings. The number of hydrogen-bond acceptors (Lipinski definition) is 4. The molecule has 2 aliphatic heterocycles. The van der Waals surface area contributed by atoms with Crippen molar-refractivity contribution in [2.45, 2.75) is 19.1 Å². The molecular weight excluding hydrogens is 382 g/mol. The van der Waals surface area contributed by atoms with Crippen LogP contribution in [0, 0.1) is 0 Å². The molecule has 1 atom stereocenters. The molecule has 5 rings (SSSR count). The van der Waals surface area contributed by atoms with Crippen molar-refractivity contribution in [1.29, 1.82) is 0 Å². The summed E-state index contributed by atoms with van der Waals surface area (Å²) in [4.78, 5) is 32.7. The van der Waals surface area contributed by atoms with E-state index in [2.05, 4.69) is 47.4 Å². The molecular formula is C23H23N3O2S. The Balaban J connectivity index is 1.34. The molecule has 1 unspecified atom stereocenters. The lowest BCUT2D eigenvalue weighted by atomic mass is 10.0. The molecule has 3 heterocycles. The van der Waals surface area contributed by atoms with E-state index in [0.717, 1.165) is 18.0 Å². The van der Waals surface area contributed by atoms with E-state index in [1.165, 1.54) is 16.3 Å². The molecule has 148 valence electrons. The van der Waals surface area contributed by atoms with E-state index in [-0.39, 0.29) is 24.4 Å². The maximum absolute atomic E-state index is 13.2. The average molecular weight is 406 g/mol. The van der Waals surface area contributed by atoms with Gasteiger partial charge in [-0.3, -0.25) is 14.5 Å². The smallest absolute Gasteiger partial charge is 0.247 e. The largest absolute Gasteiger partial charge is 0.327 e. The maximum Gasteiger partial charge on any atom is 0.247 e. The van der Waals surface area contributed by atoms with Crippen molar-refractivity contribution >= 4 is 33.9 Å². The topological polar surface area (TPSA) is 43.9 Å². The van der Waals surface area contributed by atoms with E-state index in [4.69, 9.17) is 0 Å². The second-order valence-corrected chi connectivity index (χ2v) is 8.78. The summed E-state index contributed by atoms with van der Waals surface area (Å²) in [5, 5.41) is 4.49. The quantitative estimate of drug-likeness (QED) is 0.670. The van der Waals surface area contributed by atoms with Crippen molar-refractivity contribution in [2.75, 3.05) is 26.2 Å². The highest BCUT2D eigenvalue weighted by atomic mass is 32.1. The van der Waals surface area contributed by atoms with Crippen LogP contribution < -0.4 is 0 Å². The number of amides is 2. The highest BCUT2D eigenvalue weighted by Crippen LogP contribution is 2.24. The second-order valence-electron chi connectivity index (χ2n) is 7.75. The van der Waals surface area contributed by atoms with Gasteiger partial charge in [-0.15, -0.1) is 11.3 Å². The summed E-state index contributed by atoms with van der Waals surface area (Å²) in [6.07, 6.45) is 0. The van der Waals surface area contributed by atoms with Crippen molar-refractivity contribution in [3.8, 4) is 0 Å². The Morgan fingerprint density at radius 2 is 1.79 bits per heavy atom. The number of rotatable bonds is 4. The molecule has 0 radical (unpaired) electrons. The van der Waals surface area contributed by atoms with Crippen LogP contribution in [0.25, 0.3) is 10.8 Å². The fraction of sp³-hybridized carbons (Fsp3) is 0.304. The Kier molecular flexibility index (Phi) is 4.81. The van der Waals surface area contributed by atoms with E-state index in [0.29, 0.717) is 19.6 Å². The lowest BCUT2D eigenvalue weighted by Gasteiger charge is -2.46. The lowest BCUT2D eigenvalue weighted by molar-refractivity contribution is -0.160.